The van der Waals surface area contributed by atoms with Crippen LogP contribution in [0.5, 0.6) is 0 Å². The molecule has 0 aliphatic heterocycles. The van der Waals surface area contributed by atoms with Gasteiger partial charge in [-0.05, 0) is 38.3 Å². The van der Waals surface area contributed by atoms with Crippen LogP contribution in [0, 0.1) is 0 Å². The van der Waals surface area contributed by atoms with E-state index in [2.05, 4.69) is 53.9 Å². The Morgan fingerprint density at radius 2 is 2.14 bits per heavy atom. The van der Waals surface area contributed by atoms with Gasteiger partial charge in [-0.3, -0.25) is 4.90 Å². The lowest BCUT2D eigenvalue weighted by atomic mass is 10.2. The number of hydrogen-bond donors (Lipinski definition) is 1. The van der Waals surface area contributed by atoms with E-state index in [1.54, 1.807) is 11.3 Å². The fourth-order valence-electron chi connectivity index (χ4n) is 2.11. The van der Waals surface area contributed by atoms with Crippen molar-refractivity contribution < 1.29 is 0 Å². The lowest BCUT2D eigenvalue weighted by molar-refractivity contribution is 0.203. The summed E-state index contributed by atoms with van der Waals surface area (Å²) < 4.78 is 0. The van der Waals surface area contributed by atoms with Crippen molar-refractivity contribution in [3.05, 3.63) is 38.5 Å². The molecular formula is C16H25N3S2. The van der Waals surface area contributed by atoms with Crippen molar-refractivity contribution in [1.82, 2.24) is 15.2 Å². The number of nitrogens with zero attached hydrogens (tertiary/aromatic N) is 2. The Kier molecular flexibility index (Phi) is 6.83. The molecular weight excluding hydrogens is 298 g/mol. The summed E-state index contributed by atoms with van der Waals surface area (Å²) in [6, 6.07) is 4.86. The van der Waals surface area contributed by atoms with Crippen LogP contribution in [-0.4, -0.2) is 22.5 Å². The monoisotopic (exact) mass is 323 g/mol. The lowest BCUT2D eigenvalue weighted by Gasteiger charge is -2.24. The summed E-state index contributed by atoms with van der Waals surface area (Å²) in [6.45, 7) is 10.6. The first-order valence-electron chi connectivity index (χ1n) is 7.59. The van der Waals surface area contributed by atoms with Crippen molar-refractivity contribution in [2.75, 3.05) is 6.54 Å². The largest absolute Gasteiger partial charge is 0.310 e. The quantitative estimate of drug-likeness (QED) is 0.704. The van der Waals surface area contributed by atoms with Crippen molar-refractivity contribution in [3.8, 4) is 0 Å². The molecule has 0 saturated carbocycles. The molecule has 0 saturated heterocycles. The fraction of sp³-hybridized carbons (Fsp3) is 0.562. The molecule has 1 N–H and O–H groups in total. The molecule has 116 valence electrons. The summed E-state index contributed by atoms with van der Waals surface area (Å²) in [6.07, 6.45) is 1.17. The van der Waals surface area contributed by atoms with Gasteiger partial charge in [0.15, 0.2) is 0 Å². The summed E-state index contributed by atoms with van der Waals surface area (Å²) in [7, 11) is 0. The first-order chi connectivity index (χ1) is 10.2. The zero-order valence-corrected chi connectivity index (χ0v) is 14.8. The highest BCUT2D eigenvalue weighted by Crippen LogP contribution is 2.18. The Bertz CT molecular complexity index is 505. The van der Waals surface area contributed by atoms with Crippen LogP contribution < -0.4 is 5.32 Å². The van der Waals surface area contributed by atoms with Crippen LogP contribution in [0.25, 0.3) is 0 Å². The molecule has 0 aliphatic carbocycles. The number of hydrogen-bond acceptors (Lipinski definition) is 5. The molecule has 0 bridgehead atoms. The second kappa shape index (κ2) is 8.63. The topological polar surface area (TPSA) is 28.2 Å². The molecule has 5 heteroatoms. The summed E-state index contributed by atoms with van der Waals surface area (Å²) in [5.74, 6) is 0. The highest BCUT2D eigenvalue weighted by atomic mass is 32.1. The third-order valence-electron chi connectivity index (χ3n) is 3.34. The second-order valence-corrected chi connectivity index (χ2v) is 7.46. The Hall–Kier alpha value is -0.750. The molecule has 2 rings (SSSR count). The Morgan fingerprint density at radius 1 is 1.29 bits per heavy atom. The van der Waals surface area contributed by atoms with Crippen molar-refractivity contribution in [2.45, 2.75) is 52.9 Å². The smallest absolute Gasteiger partial charge is 0.107 e. The molecule has 21 heavy (non-hydrogen) atoms. The maximum absolute atomic E-state index is 4.75. The van der Waals surface area contributed by atoms with Crippen LogP contribution in [0.4, 0.5) is 0 Å². The normalized spacial score (nSPS) is 11.7. The zero-order valence-electron chi connectivity index (χ0n) is 13.1. The highest BCUT2D eigenvalue weighted by Gasteiger charge is 2.13. The predicted molar refractivity (Wildman–Crippen MR) is 92.8 cm³/mol. The average Bonchev–Trinajstić information content (AvgIpc) is 3.10. The van der Waals surface area contributed by atoms with E-state index in [1.165, 1.54) is 22.0 Å². The lowest BCUT2D eigenvalue weighted by Crippen LogP contribution is -2.29. The van der Waals surface area contributed by atoms with Crippen LogP contribution in [0.1, 0.15) is 42.8 Å². The van der Waals surface area contributed by atoms with Gasteiger partial charge in [0.05, 0.1) is 5.69 Å². The third-order valence-corrected chi connectivity index (χ3v) is 5.10. The van der Waals surface area contributed by atoms with Gasteiger partial charge in [-0.2, -0.15) is 0 Å². The second-order valence-electron chi connectivity index (χ2n) is 5.49. The molecule has 0 amide bonds. The molecule has 0 aliphatic rings. The van der Waals surface area contributed by atoms with Gasteiger partial charge in [-0.15, -0.1) is 22.7 Å². The molecule has 0 unspecified atom stereocenters. The van der Waals surface area contributed by atoms with E-state index in [-0.39, 0.29) is 0 Å². The minimum atomic E-state index is 0.524. The van der Waals surface area contributed by atoms with Crippen LogP contribution >= 0.6 is 22.7 Å². The summed E-state index contributed by atoms with van der Waals surface area (Å²) >= 11 is 3.59. The molecule has 0 radical (unpaired) electrons. The summed E-state index contributed by atoms with van der Waals surface area (Å²) in [4.78, 5) is 8.65. The van der Waals surface area contributed by atoms with Crippen molar-refractivity contribution in [1.29, 1.82) is 0 Å². The van der Waals surface area contributed by atoms with Gasteiger partial charge in [-0.1, -0.05) is 13.0 Å². The predicted octanol–water partition coefficient (Wildman–Crippen LogP) is 4.11. The van der Waals surface area contributed by atoms with Crippen molar-refractivity contribution in [3.63, 3.8) is 0 Å². The van der Waals surface area contributed by atoms with Gasteiger partial charge in [-0.25, -0.2) is 4.98 Å². The number of rotatable bonds is 9. The minimum absolute atomic E-state index is 0.524. The molecule has 0 atom stereocenters. The van der Waals surface area contributed by atoms with E-state index in [4.69, 9.17) is 4.98 Å². The maximum atomic E-state index is 4.75. The van der Waals surface area contributed by atoms with Crippen LogP contribution in [-0.2, 0) is 19.6 Å². The van der Waals surface area contributed by atoms with Gasteiger partial charge < -0.3 is 5.32 Å². The maximum Gasteiger partial charge on any atom is 0.107 e. The van der Waals surface area contributed by atoms with Gasteiger partial charge in [0.1, 0.15) is 5.01 Å². The van der Waals surface area contributed by atoms with Crippen LogP contribution in [0.15, 0.2) is 22.9 Å². The first-order valence-corrected chi connectivity index (χ1v) is 9.35. The molecule has 2 aromatic rings. The molecule has 2 heterocycles. The summed E-state index contributed by atoms with van der Waals surface area (Å²) in [5.41, 5.74) is 1.19. The molecule has 0 aromatic carbocycles. The van der Waals surface area contributed by atoms with Crippen molar-refractivity contribution in [2.24, 2.45) is 0 Å². The Balaban J connectivity index is 1.91. The van der Waals surface area contributed by atoms with Crippen LogP contribution in [0.3, 0.4) is 0 Å². The standard InChI is InChI=1S/C16H25N3S2/c1-4-7-17-9-16-18-14(12-21-16)10-19(13(2)3)11-15-6-5-8-20-15/h5-6,8,12-13,17H,4,7,9-11H2,1-3H3. The van der Waals surface area contributed by atoms with Crippen molar-refractivity contribution >= 4 is 22.7 Å². The number of nitrogens with one attached hydrogen (secondary N) is 1. The van der Waals surface area contributed by atoms with Gasteiger partial charge in [0.2, 0.25) is 0 Å². The SMILES string of the molecule is CCCNCc1nc(CN(Cc2cccs2)C(C)C)cs1. The van der Waals surface area contributed by atoms with E-state index in [0.717, 1.165) is 26.2 Å². The number of thiophene rings is 1. The van der Waals surface area contributed by atoms with E-state index in [1.807, 2.05) is 11.3 Å². The third kappa shape index (κ3) is 5.51. The Labute approximate surface area is 136 Å². The molecule has 2 aromatic heterocycles. The van der Waals surface area contributed by atoms with Gasteiger partial charge in [0, 0.05) is 35.9 Å². The minimum Gasteiger partial charge on any atom is -0.310 e. The first kappa shape index (κ1) is 16.6. The van der Waals surface area contributed by atoms with Gasteiger partial charge in [0.25, 0.3) is 0 Å². The number of thiazole rings is 1. The van der Waals surface area contributed by atoms with E-state index >= 15 is 0 Å². The van der Waals surface area contributed by atoms with E-state index in [9.17, 15) is 0 Å². The zero-order chi connectivity index (χ0) is 15.1. The fourth-order valence-corrected chi connectivity index (χ4v) is 3.59. The molecule has 3 nitrogen and oxygen atoms in total. The van der Waals surface area contributed by atoms with E-state index < -0.39 is 0 Å². The van der Waals surface area contributed by atoms with Gasteiger partial charge >= 0.3 is 0 Å². The highest BCUT2D eigenvalue weighted by molar-refractivity contribution is 7.10. The summed E-state index contributed by atoms with van der Waals surface area (Å²) in [5, 5.41) is 8.95. The average molecular weight is 324 g/mol. The molecule has 0 fully saturated rings. The van der Waals surface area contributed by atoms with E-state index in [0.29, 0.717) is 6.04 Å². The molecule has 0 spiro atoms. The van der Waals surface area contributed by atoms with Crippen LogP contribution in [0.2, 0.25) is 0 Å². The Morgan fingerprint density at radius 3 is 2.81 bits per heavy atom. The number of aromatic nitrogens is 1.